The minimum absolute atomic E-state index is 0.237. The predicted molar refractivity (Wildman–Crippen MR) is 65.6 cm³/mol. The van der Waals surface area contributed by atoms with E-state index in [1.165, 1.54) is 5.69 Å². The number of nitrogens with zero attached hydrogens (tertiary/aromatic N) is 1. The lowest BCUT2D eigenvalue weighted by Crippen LogP contribution is -2.10. The van der Waals surface area contributed by atoms with Crippen LogP contribution >= 0.6 is 0 Å². The van der Waals surface area contributed by atoms with E-state index in [0.717, 1.165) is 18.7 Å². The second-order valence-electron chi connectivity index (χ2n) is 4.01. The van der Waals surface area contributed by atoms with Crippen molar-refractivity contribution in [3.05, 3.63) is 24.3 Å². The Balaban J connectivity index is 2.43. The highest BCUT2D eigenvalue weighted by Crippen LogP contribution is 2.15. The van der Waals surface area contributed by atoms with Crippen molar-refractivity contribution >= 4 is 11.4 Å². The number of rotatable bonds is 5. The van der Waals surface area contributed by atoms with E-state index >= 15 is 0 Å². The van der Waals surface area contributed by atoms with E-state index in [1.54, 1.807) is 6.92 Å². The lowest BCUT2D eigenvalue weighted by Gasteiger charge is -2.13. The van der Waals surface area contributed by atoms with Gasteiger partial charge in [-0.1, -0.05) is 0 Å². The fourth-order valence-corrected chi connectivity index (χ4v) is 1.30. The van der Waals surface area contributed by atoms with Crippen LogP contribution in [0.25, 0.3) is 0 Å². The zero-order valence-electron chi connectivity index (χ0n) is 9.70. The first kappa shape index (κ1) is 11.9. The molecule has 0 saturated carbocycles. The summed E-state index contributed by atoms with van der Waals surface area (Å²) >= 11 is 0. The van der Waals surface area contributed by atoms with E-state index in [9.17, 15) is 0 Å². The third-order valence-corrected chi connectivity index (χ3v) is 2.27. The van der Waals surface area contributed by atoms with Crippen LogP contribution in [-0.2, 0) is 0 Å². The molecule has 0 aliphatic rings. The van der Waals surface area contributed by atoms with Crippen LogP contribution in [0.15, 0.2) is 24.3 Å². The van der Waals surface area contributed by atoms with Crippen molar-refractivity contribution in [3.8, 4) is 0 Å². The molecule has 0 radical (unpaired) electrons. The lowest BCUT2D eigenvalue weighted by atomic mass is 10.2. The summed E-state index contributed by atoms with van der Waals surface area (Å²) in [6.45, 7) is 2.61. The first-order valence-corrected chi connectivity index (χ1v) is 5.29. The Bertz CT molecular complexity index is 280. The third kappa shape index (κ3) is 4.21. The summed E-state index contributed by atoms with van der Waals surface area (Å²) in [6, 6.07) is 8.25. The minimum atomic E-state index is -0.237. The summed E-state index contributed by atoms with van der Waals surface area (Å²) in [5, 5.41) is 12.4. The highest BCUT2D eigenvalue weighted by Gasteiger charge is 1.97. The standard InChI is InChI=1S/C12H20N2O/c1-10(15)8-9-13-11-4-6-12(7-5-11)14(2)3/h4-7,10,13,15H,8-9H2,1-3H3. The van der Waals surface area contributed by atoms with E-state index in [0.29, 0.717) is 0 Å². The van der Waals surface area contributed by atoms with Crippen LogP contribution < -0.4 is 10.2 Å². The number of hydrogen-bond acceptors (Lipinski definition) is 3. The number of anilines is 2. The molecule has 0 heterocycles. The molecule has 0 amide bonds. The molecule has 3 nitrogen and oxygen atoms in total. The van der Waals surface area contributed by atoms with E-state index in [4.69, 9.17) is 5.11 Å². The molecule has 3 heteroatoms. The normalized spacial score (nSPS) is 12.3. The monoisotopic (exact) mass is 208 g/mol. The molecule has 0 aliphatic heterocycles. The molecular formula is C12H20N2O. The van der Waals surface area contributed by atoms with Gasteiger partial charge in [-0.05, 0) is 37.6 Å². The fraction of sp³-hybridized carbons (Fsp3) is 0.500. The Labute approximate surface area is 91.7 Å². The second kappa shape index (κ2) is 5.61. The van der Waals surface area contributed by atoms with Crippen LogP contribution in [0.1, 0.15) is 13.3 Å². The minimum Gasteiger partial charge on any atom is -0.393 e. The van der Waals surface area contributed by atoms with E-state index < -0.39 is 0 Å². The van der Waals surface area contributed by atoms with Gasteiger partial charge in [0.05, 0.1) is 6.10 Å². The summed E-state index contributed by atoms with van der Waals surface area (Å²) in [4.78, 5) is 2.07. The number of aliphatic hydroxyl groups excluding tert-OH is 1. The Morgan fingerprint density at radius 3 is 2.33 bits per heavy atom. The predicted octanol–water partition coefficient (Wildman–Crippen LogP) is 1.94. The average Bonchev–Trinajstić information content (AvgIpc) is 2.18. The molecule has 2 N–H and O–H groups in total. The maximum atomic E-state index is 9.10. The summed E-state index contributed by atoms with van der Waals surface area (Å²) in [6.07, 6.45) is 0.536. The molecule has 0 bridgehead atoms. The van der Waals surface area contributed by atoms with Gasteiger partial charge in [0.25, 0.3) is 0 Å². The number of nitrogens with one attached hydrogen (secondary N) is 1. The van der Waals surface area contributed by atoms with Crippen molar-refractivity contribution in [2.75, 3.05) is 30.9 Å². The molecule has 15 heavy (non-hydrogen) atoms. The van der Waals surface area contributed by atoms with Gasteiger partial charge in [-0.3, -0.25) is 0 Å². The van der Waals surface area contributed by atoms with Crippen molar-refractivity contribution in [2.24, 2.45) is 0 Å². The second-order valence-corrected chi connectivity index (χ2v) is 4.01. The summed E-state index contributed by atoms with van der Waals surface area (Å²) in [5.74, 6) is 0. The highest BCUT2D eigenvalue weighted by atomic mass is 16.3. The summed E-state index contributed by atoms with van der Waals surface area (Å²) in [5.41, 5.74) is 2.29. The van der Waals surface area contributed by atoms with E-state index in [-0.39, 0.29) is 6.10 Å². The van der Waals surface area contributed by atoms with Gasteiger partial charge in [0.1, 0.15) is 0 Å². The Morgan fingerprint density at radius 1 is 1.27 bits per heavy atom. The molecule has 0 aromatic heterocycles. The zero-order chi connectivity index (χ0) is 11.3. The highest BCUT2D eigenvalue weighted by molar-refractivity contribution is 5.54. The largest absolute Gasteiger partial charge is 0.393 e. The van der Waals surface area contributed by atoms with Crippen molar-refractivity contribution in [2.45, 2.75) is 19.4 Å². The van der Waals surface area contributed by atoms with E-state index in [1.807, 2.05) is 14.1 Å². The van der Waals surface area contributed by atoms with Crippen molar-refractivity contribution < 1.29 is 5.11 Å². The zero-order valence-corrected chi connectivity index (χ0v) is 9.70. The molecule has 1 unspecified atom stereocenters. The molecular weight excluding hydrogens is 188 g/mol. The maximum absolute atomic E-state index is 9.10. The van der Waals surface area contributed by atoms with Crippen LogP contribution in [0.3, 0.4) is 0 Å². The quantitative estimate of drug-likeness (QED) is 0.776. The van der Waals surface area contributed by atoms with Crippen LogP contribution in [0, 0.1) is 0 Å². The Kier molecular flexibility index (Phi) is 4.43. The van der Waals surface area contributed by atoms with Gasteiger partial charge in [-0.2, -0.15) is 0 Å². The van der Waals surface area contributed by atoms with Crippen molar-refractivity contribution in [1.82, 2.24) is 0 Å². The van der Waals surface area contributed by atoms with Gasteiger partial charge >= 0.3 is 0 Å². The van der Waals surface area contributed by atoms with Gasteiger partial charge in [-0.25, -0.2) is 0 Å². The molecule has 0 saturated heterocycles. The Morgan fingerprint density at radius 2 is 1.87 bits per heavy atom. The van der Waals surface area contributed by atoms with Gasteiger partial charge in [0.2, 0.25) is 0 Å². The number of benzene rings is 1. The molecule has 1 aromatic rings. The summed E-state index contributed by atoms with van der Waals surface area (Å²) in [7, 11) is 4.05. The number of hydrogen-bond donors (Lipinski definition) is 2. The first-order valence-electron chi connectivity index (χ1n) is 5.29. The lowest BCUT2D eigenvalue weighted by molar-refractivity contribution is 0.189. The maximum Gasteiger partial charge on any atom is 0.0528 e. The van der Waals surface area contributed by atoms with Crippen LogP contribution in [-0.4, -0.2) is 31.9 Å². The molecule has 0 fully saturated rings. The molecule has 1 rings (SSSR count). The SMILES string of the molecule is CC(O)CCNc1ccc(N(C)C)cc1. The van der Waals surface area contributed by atoms with E-state index in [2.05, 4.69) is 34.5 Å². The van der Waals surface area contributed by atoms with Crippen molar-refractivity contribution in [3.63, 3.8) is 0 Å². The number of aliphatic hydroxyl groups is 1. The van der Waals surface area contributed by atoms with Crippen LogP contribution in [0.5, 0.6) is 0 Å². The molecule has 84 valence electrons. The first-order chi connectivity index (χ1) is 7.09. The molecule has 0 aliphatic carbocycles. The molecule has 0 spiro atoms. The van der Waals surface area contributed by atoms with Gasteiger partial charge < -0.3 is 15.3 Å². The fourth-order valence-electron chi connectivity index (χ4n) is 1.30. The topological polar surface area (TPSA) is 35.5 Å². The molecule has 1 atom stereocenters. The Hall–Kier alpha value is -1.22. The smallest absolute Gasteiger partial charge is 0.0528 e. The van der Waals surface area contributed by atoms with Gasteiger partial charge in [0.15, 0.2) is 0 Å². The van der Waals surface area contributed by atoms with Gasteiger partial charge in [-0.15, -0.1) is 0 Å². The van der Waals surface area contributed by atoms with Crippen LogP contribution in [0.2, 0.25) is 0 Å². The third-order valence-electron chi connectivity index (χ3n) is 2.27. The van der Waals surface area contributed by atoms with Crippen molar-refractivity contribution in [1.29, 1.82) is 0 Å². The molecule has 1 aromatic carbocycles. The summed E-state index contributed by atoms with van der Waals surface area (Å²) < 4.78 is 0. The average molecular weight is 208 g/mol. The van der Waals surface area contributed by atoms with Crippen LogP contribution in [0.4, 0.5) is 11.4 Å². The van der Waals surface area contributed by atoms with Gasteiger partial charge in [0, 0.05) is 32.0 Å².